The van der Waals surface area contributed by atoms with E-state index in [0.29, 0.717) is 6.29 Å². The molecule has 4 atom stereocenters. The molecule has 0 aliphatic carbocycles. The van der Waals surface area contributed by atoms with Crippen molar-refractivity contribution in [2.45, 2.75) is 50.4 Å². The lowest BCUT2D eigenvalue weighted by molar-refractivity contribution is -0.235. The minimum atomic E-state index is -1.68. The molecule has 0 aromatic heterocycles. The number of fused-ring (bicyclic) bond motifs is 1. The van der Waals surface area contributed by atoms with E-state index < -0.39 is 30.0 Å². The summed E-state index contributed by atoms with van der Waals surface area (Å²) in [6.07, 6.45) is -3.00. The first-order valence-corrected chi connectivity index (χ1v) is 7.21. The van der Waals surface area contributed by atoms with Gasteiger partial charge >= 0.3 is 0 Å². The number of rotatable bonds is 5. The zero-order valence-corrected chi connectivity index (χ0v) is 12.5. The maximum atomic E-state index is 14.6. The van der Waals surface area contributed by atoms with Gasteiger partial charge in [-0.1, -0.05) is 30.3 Å². The monoisotopic (exact) mass is 310 g/mol. The Morgan fingerprint density at radius 3 is 2.59 bits per heavy atom. The van der Waals surface area contributed by atoms with Crippen molar-refractivity contribution in [3.05, 3.63) is 35.9 Å². The average Bonchev–Trinajstić information content (AvgIpc) is 2.92. The van der Waals surface area contributed by atoms with E-state index in [1.807, 2.05) is 30.3 Å². The van der Waals surface area contributed by atoms with Crippen molar-refractivity contribution in [2.75, 3.05) is 6.61 Å². The second kappa shape index (κ2) is 5.70. The summed E-state index contributed by atoms with van der Waals surface area (Å²) >= 11 is 0. The Hall–Kier alpha value is -1.34. The molecule has 3 rings (SSSR count). The third-order valence-electron chi connectivity index (χ3n) is 3.82. The smallest absolute Gasteiger partial charge is 0.191 e. The molecular formula is C16H19FO5. The lowest BCUT2D eigenvalue weighted by Gasteiger charge is -2.28. The quantitative estimate of drug-likeness (QED) is 0.779. The van der Waals surface area contributed by atoms with Crippen LogP contribution in [0.15, 0.2) is 30.3 Å². The fraction of sp³-hybridized carbons (Fsp3) is 0.562. The zero-order valence-electron chi connectivity index (χ0n) is 12.5. The van der Waals surface area contributed by atoms with Crippen molar-refractivity contribution in [1.29, 1.82) is 0 Å². The Morgan fingerprint density at radius 2 is 1.95 bits per heavy atom. The van der Waals surface area contributed by atoms with Gasteiger partial charge in [0.2, 0.25) is 0 Å². The summed E-state index contributed by atoms with van der Waals surface area (Å²) in [4.78, 5) is 11.4. The van der Waals surface area contributed by atoms with Crippen molar-refractivity contribution >= 4 is 6.29 Å². The summed E-state index contributed by atoms with van der Waals surface area (Å²) in [6, 6.07) is 9.43. The van der Waals surface area contributed by atoms with E-state index in [0.717, 1.165) is 5.56 Å². The van der Waals surface area contributed by atoms with Gasteiger partial charge in [0.15, 0.2) is 30.1 Å². The van der Waals surface area contributed by atoms with Crippen LogP contribution in [0.25, 0.3) is 0 Å². The van der Waals surface area contributed by atoms with Gasteiger partial charge in [-0.05, 0) is 19.4 Å². The summed E-state index contributed by atoms with van der Waals surface area (Å²) in [5, 5.41) is 0. The molecule has 2 fully saturated rings. The summed E-state index contributed by atoms with van der Waals surface area (Å²) in [5.74, 6) is -0.917. The number of benzene rings is 1. The van der Waals surface area contributed by atoms with Crippen LogP contribution in [0.5, 0.6) is 0 Å². The molecule has 0 saturated carbocycles. The third-order valence-corrected chi connectivity index (χ3v) is 3.82. The molecule has 0 bridgehead atoms. The first-order chi connectivity index (χ1) is 10.5. The molecule has 2 aliphatic rings. The summed E-state index contributed by atoms with van der Waals surface area (Å²) in [7, 11) is 0. The van der Waals surface area contributed by atoms with Crippen LogP contribution in [0, 0.1) is 0 Å². The molecule has 6 heteroatoms. The van der Waals surface area contributed by atoms with E-state index in [2.05, 4.69) is 0 Å². The molecular weight excluding hydrogens is 291 g/mol. The second-order valence-corrected chi connectivity index (χ2v) is 6.04. The van der Waals surface area contributed by atoms with Crippen molar-refractivity contribution in [2.24, 2.45) is 0 Å². The van der Waals surface area contributed by atoms with Crippen LogP contribution < -0.4 is 0 Å². The van der Waals surface area contributed by atoms with Crippen LogP contribution in [0.2, 0.25) is 0 Å². The molecule has 22 heavy (non-hydrogen) atoms. The van der Waals surface area contributed by atoms with Crippen molar-refractivity contribution in [3.8, 4) is 0 Å². The summed E-state index contributed by atoms with van der Waals surface area (Å²) in [6.45, 7) is 3.44. The highest BCUT2D eigenvalue weighted by atomic mass is 19.1. The number of carbonyl (C=O) groups excluding carboxylic acids is 1. The maximum Gasteiger partial charge on any atom is 0.191 e. The van der Waals surface area contributed by atoms with Crippen molar-refractivity contribution in [3.63, 3.8) is 0 Å². The van der Waals surface area contributed by atoms with E-state index in [1.54, 1.807) is 13.8 Å². The minimum Gasteiger partial charge on any atom is -0.373 e. The molecule has 1 aromatic rings. The maximum absolute atomic E-state index is 14.6. The second-order valence-electron chi connectivity index (χ2n) is 6.04. The lowest BCUT2D eigenvalue weighted by Crippen LogP contribution is -2.47. The number of halogens is 1. The highest BCUT2D eigenvalue weighted by Gasteiger charge is 2.63. The molecule has 2 aliphatic heterocycles. The highest BCUT2D eigenvalue weighted by Crippen LogP contribution is 2.43. The fourth-order valence-electron chi connectivity index (χ4n) is 2.75. The van der Waals surface area contributed by atoms with Gasteiger partial charge in [-0.2, -0.15) is 0 Å². The predicted molar refractivity (Wildman–Crippen MR) is 74.7 cm³/mol. The van der Waals surface area contributed by atoms with Crippen LogP contribution in [0.1, 0.15) is 19.4 Å². The number of hydrogen-bond donors (Lipinski definition) is 0. The Labute approximate surface area is 128 Å². The van der Waals surface area contributed by atoms with Crippen LogP contribution in [0.4, 0.5) is 4.39 Å². The van der Waals surface area contributed by atoms with E-state index in [9.17, 15) is 9.18 Å². The van der Waals surface area contributed by atoms with Gasteiger partial charge in [0.05, 0.1) is 13.2 Å². The highest BCUT2D eigenvalue weighted by molar-refractivity contribution is 5.65. The summed E-state index contributed by atoms with van der Waals surface area (Å²) < 4.78 is 36.5. The number of carbonyl (C=O) groups is 1. The normalized spacial score (nSPS) is 36.2. The minimum absolute atomic E-state index is 0.188. The number of ether oxygens (including phenoxy) is 4. The van der Waals surface area contributed by atoms with Gasteiger partial charge < -0.3 is 18.9 Å². The van der Waals surface area contributed by atoms with E-state index >= 15 is 0 Å². The first kappa shape index (κ1) is 15.6. The van der Waals surface area contributed by atoms with Gasteiger partial charge in [-0.3, -0.25) is 4.79 Å². The largest absolute Gasteiger partial charge is 0.373 e. The Balaban J connectivity index is 1.63. The molecule has 120 valence electrons. The van der Waals surface area contributed by atoms with E-state index in [-0.39, 0.29) is 13.2 Å². The van der Waals surface area contributed by atoms with Crippen LogP contribution in [-0.2, 0) is 30.3 Å². The molecule has 0 unspecified atom stereocenters. The first-order valence-electron chi connectivity index (χ1n) is 7.21. The Morgan fingerprint density at radius 1 is 1.23 bits per heavy atom. The molecule has 0 spiro atoms. The van der Waals surface area contributed by atoms with Crippen LogP contribution >= 0.6 is 0 Å². The third kappa shape index (κ3) is 2.79. The molecule has 1 aromatic carbocycles. The van der Waals surface area contributed by atoms with Gasteiger partial charge in [-0.15, -0.1) is 0 Å². The molecule has 2 heterocycles. The Bertz CT molecular complexity index is 535. The van der Waals surface area contributed by atoms with Crippen molar-refractivity contribution < 1.29 is 28.1 Å². The number of alkyl halides is 1. The molecule has 0 radical (unpaired) electrons. The SMILES string of the molecule is CC1(C)O[C@H]2O[C@](C=O)(COCc3ccccc3)[C@@H](F)[C@H]2O1. The average molecular weight is 310 g/mol. The number of aldehydes is 1. The van der Waals surface area contributed by atoms with Gasteiger partial charge in [0, 0.05) is 0 Å². The fourth-order valence-corrected chi connectivity index (χ4v) is 2.75. The standard InChI is InChI=1S/C16H19FO5/c1-15(2)20-12-13(17)16(9-18,22-14(12)21-15)10-19-8-11-6-4-3-5-7-11/h3-7,9,12-14H,8,10H2,1-2H3/t12-,13+,14+,16-/m1/s1. The lowest BCUT2D eigenvalue weighted by atomic mass is 9.99. The van der Waals surface area contributed by atoms with Crippen LogP contribution in [0.3, 0.4) is 0 Å². The molecule has 0 amide bonds. The predicted octanol–water partition coefficient (Wildman–Crippen LogP) is 1.99. The zero-order chi connectivity index (χ0) is 15.8. The van der Waals surface area contributed by atoms with Gasteiger partial charge in [-0.25, -0.2) is 4.39 Å². The molecule has 5 nitrogen and oxygen atoms in total. The Kier molecular flexibility index (Phi) is 4.03. The summed E-state index contributed by atoms with van der Waals surface area (Å²) in [5.41, 5.74) is -0.744. The van der Waals surface area contributed by atoms with E-state index in [4.69, 9.17) is 18.9 Å². The number of hydrogen-bond acceptors (Lipinski definition) is 5. The van der Waals surface area contributed by atoms with Gasteiger partial charge in [0.25, 0.3) is 0 Å². The van der Waals surface area contributed by atoms with Crippen molar-refractivity contribution in [1.82, 2.24) is 0 Å². The van der Waals surface area contributed by atoms with Gasteiger partial charge in [0.1, 0.15) is 6.10 Å². The van der Waals surface area contributed by atoms with E-state index in [1.165, 1.54) is 0 Å². The van der Waals surface area contributed by atoms with Crippen LogP contribution in [-0.4, -0.2) is 42.8 Å². The molecule has 0 N–H and O–H groups in total. The molecule has 2 saturated heterocycles. The topological polar surface area (TPSA) is 54.0 Å².